The SMILES string of the molecule is CN(C)Cc1cc(C(C)(C)C)c(O)c(C(C)(C)C)c1.CS(=O)(=O)O. The predicted octanol–water partition coefficient (Wildman–Crippen LogP) is 3.55. The second-order valence-corrected chi connectivity index (χ2v) is 9.98. The number of phenols is 1. The summed E-state index contributed by atoms with van der Waals surface area (Å²) < 4.78 is 25.9. The number of rotatable bonds is 2. The summed E-state index contributed by atoms with van der Waals surface area (Å²) in [6, 6.07) is 4.29. The van der Waals surface area contributed by atoms with Crippen molar-refractivity contribution in [2.75, 3.05) is 20.4 Å². The standard InChI is InChI=1S/C17H29NO.CH4O3S/c1-16(2,3)13-9-12(11-18(7)8)10-14(15(13)19)17(4,5)6;1-5(2,3)4/h9-10,19H,11H2,1-8H3;1H3,(H,2,3,4). The van der Waals surface area contributed by atoms with Gasteiger partial charge in [-0.1, -0.05) is 53.7 Å². The molecule has 0 aromatic heterocycles. The Balaban J connectivity index is 0.000000922. The van der Waals surface area contributed by atoms with Gasteiger partial charge in [-0.05, 0) is 41.6 Å². The maximum Gasteiger partial charge on any atom is 0.261 e. The topological polar surface area (TPSA) is 77.8 Å². The Labute approximate surface area is 147 Å². The molecule has 0 unspecified atom stereocenters. The van der Waals surface area contributed by atoms with E-state index in [4.69, 9.17) is 4.55 Å². The van der Waals surface area contributed by atoms with Gasteiger partial charge in [-0.2, -0.15) is 8.42 Å². The maximum absolute atomic E-state index is 10.6. The van der Waals surface area contributed by atoms with E-state index in [1.165, 1.54) is 5.56 Å². The van der Waals surface area contributed by atoms with Crippen LogP contribution in [-0.2, 0) is 27.5 Å². The number of nitrogens with zero attached hydrogens (tertiary/aromatic N) is 1. The maximum atomic E-state index is 10.6. The average Bonchev–Trinajstić information content (AvgIpc) is 2.25. The van der Waals surface area contributed by atoms with Crippen LogP contribution < -0.4 is 0 Å². The molecule has 24 heavy (non-hydrogen) atoms. The van der Waals surface area contributed by atoms with Gasteiger partial charge in [0.1, 0.15) is 5.75 Å². The second-order valence-electron chi connectivity index (χ2n) is 8.51. The van der Waals surface area contributed by atoms with Crippen molar-refractivity contribution in [3.8, 4) is 5.75 Å². The molecule has 0 radical (unpaired) electrons. The number of benzene rings is 1. The van der Waals surface area contributed by atoms with Crippen LogP contribution in [0.15, 0.2) is 12.1 Å². The van der Waals surface area contributed by atoms with Crippen LogP contribution in [0.1, 0.15) is 58.2 Å². The summed E-state index contributed by atoms with van der Waals surface area (Å²) in [4.78, 5) is 2.16. The molecule has 0 aliphatic heterocycles. The Hall–Kier alpha value is -1.11. The molecule has 0 saturated heterocycles. The van der Waals surface area contributed by atoms with Gasteiger partial charge in [0.15, 0.2) is 0 Å². The molecule has 0 bridgehead atoms. The first-order chi connectivity index (χ1) is 10.4. The molecule has 0 amide bonds. The van der Waals surface area contributed by atoms with Gasteiger partial charge in [-0.15, -0.1) is 0 Å². The normalized spacial score (nSPS) is 12.8. The fraction of sp³-hybridized carbons (Fsp3) is 0.667. The summed E-state index contributed by atoms with van der Waals surface area (Å²) in [6.45, 7) is 13.8. The van der Waals surface area contributed by atoms with E-state index in [1.807, 2.05) is 0 Å². The van der Waals surface area contributed by atoms with Gasteiger partial charge in [0.05, 0.1) is 6.26 Å². The lowest BCUT2D eigenvalue weighted by atomic mass is 9.78. The summed E-state index contributed by atoms with van der Waals surface area (Å²) >= 11 is 0. The molecular formula is C18H33NO4S. The molecule has 2 N–H and O–H groups in total. The first kappa shape index (κ1) is 22.9. The molecule has 140 valence electrons. The van der Waals surface area contributed by atoms with Crippen LogP contribution >= 0.6 is 0 Å². The van der Waals surface area contributed by atoms with E-state index < -0.39 is 10.1 Å². The van der Waals surface area contributed by atoms with Crippen molar-refractivity contribution in [3.63, 3.8) is 0 Å². The highest BCUT2D eigenvalue weighted by Crippen LogP contribution is 2.39. The van der Waals surface area contributed by atoms with Gasteiger partial charge in [0, 0.05) is 6.54 Å². The quantitative estimate of drug-likeness (QED) is 0.790. The third-order valence-electron chi connectivity index (χ3n) is 3.28. The Kier molecular flexibility index (Phi) is 7.48. The lowest BCUT2D eigenvalue weighted by Crippen LogP contribution is -2.19. The molecule has 0 heterocycles. The van der Waals surface area contributed by atoms with Crippen molar-refractivity contribution in [2.24, 2.45) is 0 Å². The summed E-state index contributed by atoms with van der Waals surface area (Å²) in [6.07, 6.45) is 0.715. The van der Waals surface area contributed by atoms with Gasteiger partial charge < -0.3 is 10.0 Å². The van der Waals surface area contributed by atoms with Crippen LogP contribution in [0, 0.1) is 0 Å². The fourth-order valence-electron chi connectivity index (χ4n) is 2.29. The molecule has 1 aromatic carbocycles. The van der Waals surface area contributed by atoms with E-state index in [-0.39, 0.29) is 10.8 Å². The van der Waals surface area contributed by atoms with E-state index >= 15 is 0 Å². The predicted molar refractivity (Wildman–Crippen MR) is 100 cm³/mol. The highest BCUT2D eigenvalue weighted by molar-refractivity contribution is 7.85. The minimum atomic E-state index is -3.67. The van der Waals surface area contributed by atoms with E-state index in [2.05, 4.69) is 72.7 Å². The zero-order valence-corrected chi connectivity index (χ0v) is 17.2. The Morgan fingerprint density at radius 1 is 0.958 bits per heavy atom. The van der Waals surface area contributed by atoms with Gasteiger partial charge in [0.25, 0.3) is 10.1 Å². The minimum absolute atomic E-state index is 0.0492. The summed E-state index contributed by atoms with van der Waals surface area (Å²) in [7, 11) is 0.473. The van der Waals surface area contributed by atoms with Crippen molar-refractivity contribution >= 4 is 10.1 Å². The molecule has 1 rings (SSSR count). The largest absolute Gasteiger partial charge is 0.507 e. The number of hydrogen-bond donors (Lipinski definition) is 2. The molecule has 0 fully saturated rings. The molecule has 0 aliphatic carbocycles. The van der Waals surface area contributed by atoms with Gasteiger partial charge >= 0.3 is 0 Å². The fourth-order valence-corrected chi connectivity index (χ4v) is 2.29. The van der Waals surface area contributed by atoms with Crippen molar-refractivity contribution in [1.82, 2.24) is 4.90 Å². The Morgan fingerprint density at radius 2 is 1.25 bits per heavy atom. The molecular weight excluding hydrogens is 326 g/mol. The van der Waals surface area contributed by atoms with Gasteiger partial charge in [-0.3, -0.25) is 4.55 Å². The summed E-state index contributed by atoms with van der Waals surface area (Å²) in [5, 5.41) is 10.6. The summed E-state index contributed by atoms with van der Waals surface area (Å²) in [5.41, 5.74) is 3.24. The molecule has 1 aromatic rings. The van der Waals surface area contributed by atoms with Crippen LogP contribution in [0.4, 0.5) is 0 Å². The van der Waals surface area contributed by atoms with Crippen LogP contribution in [0.2, 0.25) is 0 Å². The number of hydrogen-bond acceptors (Lipinski definition) is 4. The number of phenolic OH excluding ortho intramolecular Hbond substituents is 1. The van der Waals surface area contributed by atoms with E-state index in [1.54, 1.807) is 0 Å². The zero-order valence-electron chi connectivity index (χ0n) is 16.4. The van der Waals surface area contributed by atoms with Crippen LogP contribution in [-0.4, -0.2) is 43.3 Å². The summed E-state index contributed by atoms with van der Waals surface area (Å²) in [5.74, 6) is 0.461. The highest BCUT2D eigenvalue weighted by atomic mass is 32.2. The molecule has 6 heteroatoms. The van der Waals surface area contributed by atoms with Crippen molar-refractivity contribution in [3.05, 3.63) is 28.8 Å². The van der Waals surface area contributed by atoms with Gasteiger partial charge in [-0.25, -0.2) is 0 Å². The smallest absolute Gasteiger partial charge is 0.261 e. The molecule has 5 nitrogen and oxygen atoms in total. The third kappa shape index (κ3) is 8.66. The molecule has 0 atom stereocenters. The first-order valence-electron chi connectivity index (χ1n) is 7.87. The van der Waals surface area contributed by atoms with E-state index in [0.717, 1.165) is 17.7 Å². The van der Waals surface area contributed by atoms with Gasteiger partial charge in [0.2, 0.25) is 0 Å². The highest BCUT2D eigenvalue weighted by Gasteiger charge is 2.26. The minimum Gasteiger partial charge on any atom is -0.507 e. The first-order valence-corrected chi connectivity index (χ1v) is 9.71. The molecule has 0 spiro atoms. The van der Waals surface area contributed by atoms with E-state index in [0.29, 0.717) is 12.0 Å². The van der Waals surface area contributed by atoms with Crippen LogP contribution in [0.3, 0.4) is 0 Å². The zero-order chi connectivity index (χ0) is 19.5. The lowest BCUT2D eigenvalue weighted by Gasteiger charge is -2.28. The Bertz CT molecular complexity index is 608. The second kappa shape index (κ2) is 7.85. The average molecular weight is 360 g/mol. The third-order valence-corrected chi connectivity index (χ3v) is 3.28. The lowest BCUT2D eigenvalue weighted by molar-refractivity contribution is 0.395. The van der Waals surface area contributed by atoms with Crippen molar-refractivity contribution in [2.45, 2.75) is 58.9 Å². The van der Waals surface area contributed by atoms with E-state index in [9.17, 15) is 13.5 Å². The number of aromatic hydroxyl groups is 1. The monoisotopic (exact) mass is 359 g/mol. The van der Waals surface area contributed by atoms with Crippen molar-refractivity contribution in [1.29, 1.82) is 0 Å². The van der Waals surface area contributed by atoms with Crippen molar-refractivity contribution < 1.29 is 18.1 Å². The Morgan fingerprint density at radius 3 is 1.46 bits per heavy atom. The van der Waals surface area contributed by atoms with Crippen LogP contribution in [0.5, 0.6) is 5.75 Å². The molecule has 0 saturated carbocycles. The van der Waals surface area contributed by atoms with Crippen LogP contribution in [0.25, 0.3) is 0 Å². The molecule has 0 aliphatic rings.